The Labute approximate surface area is 539 Å². The molecule has 27 heteroatoms. The highest BCUT2D eigenvalue weighted by molar-refractivity contribution is 9.09. The predicted molar refractivity (Wildman–Crippen MR) is 339 cm³/mol. The molecule has 2 fully saturated rings. The molecule has 90 heavy (non-hydrogen) atoms. The number of nitrogens with zero attached hydrogens (tertiary/aromatic N) is 2. The molecule has 0 radical (unpaired) electrons. The molecule has 3 aliphatic heterocycles. The highest BCUT2D eigenvalue weighted by Gasteiger charge is 2.64. The second-order valence-electron chi connectivity index (χ2n) is 24.1. The Bertz CT molecular complexity index is 3070. The molecule has 0 spiro atoms. The minimum Gasteiger partial charge on any atom is -0.497 e. The number of methoxy groups -OCH3 is 3. The van der Waals surface area contributed by atoms with Crippen molar-refractivity contribution in [2.24, 2.45) is 17.6 Å². The molecule has 2 aromatic carbocycles. The third kappa shape index (κ3) is 19.4. The van der Waals surface area contributed by atoms with E-state index >= 15 is 0 Å². The van der Waals surface area contributed by atoms with Crippen molar-refractivity contribution in [2.75, 3.05) is 57.5 Å². The fraction of sp³-hybridized carbons (Fsp3) is 0.571. The number of urea groups is 1. The number of nitrogens with one attached hydrogen (secondary N) is 5. The quantitative estimate of drug-likeness (QED) is 0.0136. The Kier molecular flexibility index (Phi) is 26.2. The molecule has 8 amide bonds. The maximum Gasteiger partial charge on any atom is 0.409 e. The number of esters is 2. The van der Waals surface area contributed by atoms with Gasteiger partial charge in [0.05, 0.1) is 43.7 Å². The number of halogens is 2. The second-order valence-corrected chi connectivity index (χ2v) is 25.0. The Hall–Kier alpha value is -7.26. The van der Waals surface area contributed by atoms with Gasteiger partial charge in [-0.2, -0.15) is 0 Å². The summed E-state index contributed by atoms with van der Waals surface area (Å²) in [6.07, 6.45) is 1.24. The summed E-state index contributed by atoms with van der Waals surface area (Å²) < 4.78 is 40.7. The predicted octanol–water partition coefficient (Wildman–Crippen LogP) is 6.68. The Balaban J connectivity index is 1.40. The zero-order chi connectivity index (χ0) is 67.2. The first kappa shape index (κ1) is 73.5. The number of epoxide rings is 1. The zero-order valence-corrected chi connectivity index (χ0v) is 55.8. The average molecular weight is 1340 g/mol. The summed E-state index contributed by atoms with van der Waals surface area (Å²) in [5.41, 5.74) is 3.06. The van der Waals surface area contributed by atoms with E-state index in [-0.39, 0.29) is 70.9 Å². The van der Waals surface area contributed by atoms with Gasteiger partial charge >= 0.3 is 24.1 Å². The van der Waals surface area contributed by atoms with Crippen molar-refractivity contribution in [3.05, 3.63) is 82.4 Å². The summed E-state index contributed by atoms with van der Waals surface area (Å²) in [5.74, 6) is -5.40. The lowest BCUT2D eigenvalue weighted by Gasteiger charge is -2.42. The number of unbranched alkanes of at least 4 members (excludes halogenated alkanes) is 1. The number of allylic oxidation sites excluding steroid dienone is 3. The summed E-state index contributed by atoms with van der Waals surface area (Å²) in [6, 6.07) is 3.07. The first-order valence-corrected chi connectivity index (χ1v) is 31.2. The van der Waals surface area contributed by atoms with Crippen LogP contribution in [0.15, 0.2) is 66.3 Å². The fourth-order valence-electron chi connectivity index (χ4n) is 10.6. The number of rotatable bonds is 25. The maximum absolute atomic E-state index is 14.7. The third-order valence-corrected chi connectivity index (χ3v) is 17.3. The standard InChI is InChI=1S/C63H88BrClN8O17/c1-34(2)52(70-49(74)22-15-16-25-61(7,8)90-57(79)36(4)33-64)55(77)68-42(20-18-26-67-59(66)81)54(76)69-43-30-40(84-12)23-24-41(43)56(78)72(10)38(6)58(80)88-48-31-50(75)73(11)44-28-39(29-45(85-13)51(44)65)27-35(3)19-17-21-47(86-14)63(83)32-46(87-60(82)71-63)37(5)53-62(48,9)89-53/h17,19,21,23-24,28-30,34,37-38,42,46-48,52-53,83H,4,15-16,18,20,22,25-27,31-33H2,1-3,5-14H3,(H,68,77)(H,69,76)(H,70,74)(H,71,82)(H3,66,67,81)/b21-17+,35-19+/t37-,38+,42+,46+,47-,48+,52+,53+,62+,63+/m1/s1. The molecule has 4 bridgehead atoms. The Morgan fingerprint density at radius 3 is 2.36 bits per heavy atom. The van der Waals surface area contributed by atoms with Gasteiger partial charge in [0.25, 0.3) is 5.91 Å². The summed E-state index contributed by atoms with van der Waals surface area (Å²) >= 11 is 10.1. The molecular formula is C63H88BrClN8O17. The average Bonchev–Trinajstić information content (AvgIpc) is 1.59. The molecule has 5 rings (SSSR count). The van der Waals surface area contributed by atoms with E-state index < -0.39 is 131 Å². The SMILES string of the molecule is C=C(CBr)C(=O)OC(C)(C)CCCCC(=O)N[C@H](C(=O)N[C@@H](CCCNC(N)=O)C(=O)Nc1cc(OC)ccc1C(=O)N(C)[C@@H](C)C(=O)O[C@H]1CC(=O)N(C)c2cc(cc(OC)c2Cl)C/C(C)=C/C=C/[C@@H](OC)[C@@]2(O)C[C@H](OC(=O)N2)[C@@H](C)[C@@H]2O[C@@]12C)C(C)C. The van der Waals surface area contributed by atoms with Gasteiger partial charge in [-0.15, -0.1) is 0 Å². The van der Waals surface area contributed by atoms with Crippen LogP contribution in [-0.2, 0) is 58.9 Å². The van der Waals surface area contributed by atoms with E-state index in [9.17, 15) is 48.3 Å². The van der Waals surface area contributed by atoms with Gasteiger partial charge in [-0.3, -0.25) is 29.3 Å². The van der Waals surface area contributed by atoms with Crippen LogP contribution in [0, 0.1) is 11.8 Å². The maximum atomic E-state index is 14.7. The van der Waals surface area contributed by atoms with Crippen LogP contribution in [0.4, 0.5) is 21.0 Å². The second kappa shape index (κ2) is 32.2. The normalized spacial score (nSPS) is 23.7. The number of likely N-dealkylation sites (N-methyl/N-ethyl adjacent to an activating group) is 1. The first-order chi connectivity index (χ1) is 42.2. The number of fused-ring (bicyclic) bond motifs is 5. The third-order valence-electron chi connectivity index (χ3n) is 16.3. The van der Waals surface area contributed by atoms with Gasteiger partial charge in [0.2, 0.25) is 23.6 Å². The van der Waals surface area contributed by atoms with Crippen LogP contribution < -0.4 is 46.7 Å². The first-order valence-electron chi connectivity index (χ1n) is 29.7. The van der Waals surface area contributed by atoms with E-state index in [0.29, 0.717) is 31.4 Å². The van der Waals surface area contributed by atoms with Crippen molar-refractivity contribution >= 4 is 92.5 Å². The Morgan fingerprint density at radius 2 is 1.72 bits per heavy atom. The summed E-state index contributed by atoms with van der Waals surface area (Å²) in [5, 5.41) is 25.6. The molecule has 3 heterocycles. The van der Waals surface area contributed by atoms with Crippen molar-refractivity contribution in [1.29, 1.82) is 0 Å². The molecule has 25 nitrogen and oxygen atoms in total. The number of alkyl carbamates (subject to hydrolysis) is 1. The summed E-state index contributed by atoms with van der Waals surface area (Å²) in [7, 11) is 7.05. The van der Waals surface area contributed by atoms with Gasteiger partial charge in [-0.25, -0.2) is 19.2 Å². The fourth-order valence-corrected chi connectivity index (χ4v) is 11.2. The van der Waals surface area contributed by atoms with E-state index in [0.717, 1.165) is 16.0 Å². The number of hydrogen-bond acceptors (Lipinski definition) is 17. The molecule has 0 aromatic heterocycles. The Morgan fingerprint density at radius 1 is 1.02 bits per heavy atom. The van der Waals surface area contributed by atoms with Crippen LogP contribution in [-0.4, -0.2) is 170 Å². The number of nitrogens with two attached hydrogens (primary N) is 1. The largest absolute Gasteiger partial charge is 0.497 e. The highest BCUT2D eigenvalue weighted by atomic mass is 79.9. The van der Waals surface area contributed by atoms with Crippen molar-refractivity contribution in [1.82, 2.24) is 26.2 Å². The topological polar surface area (TPSA) is 334 Å². The number of aliphatic hydroxyl groups is 1. The van der Waals surface area contributed by atoms with Crippen molar-refractivity contribution in [3.63, 3.8) is 0 Å². The van der Waals surface area contributed by atoms with Gasteiger partial charge in [0.1, 0.15) is 64.2 Å². The van der Waals surface area contributed by atoms with Gasteiger partial charge in [-0.05, 0) is 109 Å². The van der Waals surface area contributed by atoms with Crippen molar-refractivity contribution < 1.29 is 81.4 Å². The van der Waals surface area contributed by atoms with E-state index in [2.05, 4.69) is 49.1 Å². The van der Waals surface area contributed by atoms with E-state index in [4.69, 9.17) is 50.5 Å². The molecular weight excluding hydrogens is 1260 g/mol. The molecule has 3 aliphatic rings. The molecule has 496 valence electrons. The van der Waals surface area contributed by atoms with E-state index in [1.165, 1.54) is 65.4 Å². The van der Waals surface area contributed by atoms with Gasteiger partial charge in [0.15, 0.2) is 5.72 Å². The van der Waals surface area contributed by atoms with Crippen LogP contribution in [0.3, 0.4) is 0 Å². The molecule has 2 aromatic rings. The number of carbonyl (C=O) groups excluding carboxylic acids is 9. The highest BCUT2D eigenvalue weighted by Crippen LogP contribution is 2.49. The van der Waals surface area contributed by atoms with Gasteiger partial charge < -0.3 is 75.1 Å². The molecule has 8 N–H and O–H groups in total. The van der Waals surface area contributed by atoms with Crippen molar-refractivity contribution in [3.8, 4) is 11.5 Å². The number of benzene rings is 2. The lowest BCUT2D eigenvalue weighted by atomic mass is 9.83. The van der Waals surface area contributed by atoms with Crippen LogP contribution >= 0.6 is 27.5 Å². The molecule has 0 aliphatic carbocycles. The number of hydrogen-bond donors (Lipinski definition) is 7. The van der Waals surface area contributed by atoms with Crippen LogP contribution in [0.25, 0.3) is 0 Å². The number of carbonyl (C=O) groups is 9. The lowest BCUT2D eigenvalue weighted by molar-refractivity contribution is -0.158. The number of alkyl halides is 1. The molecule has 0 unspecified atom stereocenters. The number of amides is 8. The van der Waals surface area contributed by atoms with Crippen LogP contribution in [0.2, 0.25) is 5.02 Å². The van der Waals surface area contributed by atoms with E-state index in [1.54, 1.807) is 65.8 Å². The lowest BCUT2D eigenvalue weighted by Crippen LogP contribution is -2.63. The number of primary amides is 1. The molecule has 0 saturated carbocycles. The smallest absolute Gasteiger partial charge is 0.409 e. The summed E-state index contributed by atoms with van der Waals surface area (Å²) in [4.78, 5) is 125. The molecule has 2 saturated heterocycles. The monoisotopic (exact) mass is 1340 g/mol. The van der Waals surface area contributed by atoms with Crippen LogP contribution in [0.5, 0.6) is 11.5 Å². The number of anilines is 2. The van der Waals surface area contributed by atoms with E-state index in [1.807, 2.05) is 13.0 Å². The molecule has 10 atom stereocenters. The van der Waals surface area contributed by atoms with Crippen LogP contribution in [0.1, 0.15) is 123 Å². The van der Waals surface area contributed by atoms with Crippen molar-refractivity contribution in [2.45, 2.75) is 173 Å². The summed E-state index contributed by atoms with van der Waals surface area (Å²) in [6.45, 7) is 17.3. The minimum absolute atomic E-state index is 0.0272. The zero-order valence-electron chi connectivity index (χ0n) is 53.5. The minimum atomic E-state index is -1.94. The van der Waals surface area contributed by atoms with Gasteiger partial charge in [0, 0.05) is 63.5 Å². The van der Waals surface area contributed by atoms with Gasteiger partial charge in [-0.1, -0.05) is 78.7 Å². The number of ether oxygens (including phenoxy) is 7.